The summed E-state index contributed by atoms with van der Waals surface area (Å²) in [7, 11) is 0. The third kappa shape index (κ3) is 10.2. The molecule has 6 N–H and O–H groups in total. The molecule has 45 heavy (non-hydrogen) atoms. The number of hydrogen-bond donors (Lipinski definition) is 5. The van der Waals surface area contributed by atoms with E-state index < -0.39 is 48.1 Å². The Morgan fingerprint density at radius 3 is 1.87 bits per heavy atom. The molecule has 0 unspecified atom stereocenters. The van der Waals surface area contributed by atoms with E-state index in [4.69, 9.17) is 25.1 Å². The SMILES string of the molecule is CC(=O)O[C@@H](C(=O)Nc1ccc(C2CCCCC2)cc1)[C@@H](OC(C)=O)C(=O)Nc1ccc2nc(N)[nH]c2c1.O=C(O)C(F)(F)F. The fourth-order valence-electron chi connectivity index (χ4n) is 4.67. The molecular formula is C29H32F3N5O8. The molecule has 2 atom stereocenters. The van der Waals surface area contributed by atoms with Gasteiger partial charge in [-0.3, -0.25) is 19.2 Å². The number of hydrogen-bond acceptors (Lipinski definition) is 9. The number of carbonyl (C=O) groups excluding carboxylic acids is 4. The maximum atomic E-state index is 13.2. The van der Waals surface area contributed by atoms with E-state index in [1.165, 1.54) is 24.8 Å². The van der Waals surface area contributed by atoms with Gasteiger partial charge in [-0.25, -0.2) is 9.78 Å². The predicted molar refractivity (Wildman–Crippen MR) is 155 cm³/mol. The summed E-state index contributed by atoms with van der Waals surface area (Å²) >= 11 is 0. The van der Waals surface area contributed by atoms with Crippen LogP contribution in [0.1, 0.15) is 57.4 Å². The minimum absolute atomic E-state index is 0.208. The van der Waals surface area contributed by atoms with Gasteiger partial charge in [-0.2, -0.15) is 13.2 Å². The molecule has 0 saturated heterocycles. The molecule has 2 aromatic carbocycles. The highest BCUT2D eigenvalue weighted by Crippen LogP contribution is 2.33. The van der Waals surface area contributed by atoms with Gasteiger partial charge >= 0.3 is 24.1 Å². The number of nitrogen functional groups attached to an aromatic ring is 1. The standard InChI is InChI=1S/C27H31N5O6.C2HF3O2/c1-15(33)37-23(25(35)29-19-10-8-18(9-11-19)17-6-4-3-5-7-17)24(38-16(2)34)26(36)30-20-12-13-21-22(14-20)32-27(28)31-21;3-2(4,5)1(6)7/h8-14,17,23-24H,3-7H2,1-2H3,(H,29,35)(H,30,36)(H3,28,31,32);(H,6,7)/t23-,24-;/m1./s1. The van der Waals surface area contributed by atoms with Crippen molar-refractivity contribution in [1.29, 1.82) is 0 Å². The highest BCUT2D eigenvalue weighted by Gasteiger charge is 2.40. The highest BCUT2D eigenvalue weighted by molar-refractivity contribution is 6.04. The number of rotatable bonds is 8. The van der Waals surface area contributed by atoms with E-state index in [1.54, 1.807) is 30.3 Å². The lowest BCUT2D eigenvalue weighted by Gasteiger charge is -2.25. The number of alkyl halides is 3. The average Bonchev–Trinajstić information content (AvgIpc) is 3.34. The normalized spacial score (nSPS) is 14.7. The average molecular weight is 636 g/mol. The van der Waals surface area contributed by atoms with E-state index in [2.05, 4.69) is 20.6 Å². The van der Waals surface area contributed by atoms with Crippen LogP contribution in [0.2, 0.25) is 0 Å². The van der Waals surface area contributed by atoms with Crippen molar-refractivity contribution in [2.45, 2.75) is 70.3 Å². The molecule has 1 fully saturated rings. The van der Waals surface area contributed by atoms with Crippen molar-refractivity contribution in [3.63, 3.8) is 0 Å². The van der Waals surface area contributed by atoms with Crippen LogP contribution in [0.3, 0.4) is 0 Å². The van der Waals surface area contributed by atoms with Gasteiger partial charge in [0.1, 0.15) is 0 Å². The number of aliphatic carboxylic acids is 1. The zero-order valence-electron chi connectivity index (χ0n) is 24.3. The first-order valence-electron chi connectivity index (χ1n) is 13.8. The van der Waals surface area contributed by atoms with Crippen LogP contribution < -0.4 is 16.4 Å². The Morgan fingerprint density at radius 2 is 1.38 bits per heavy atom. The number of esters is 2. The smallest absolute Gasteiger partial charge is 0.475 e. The molecule has 1 aliphatic rings. The van der Waals surface area contributed by atoms with Crippen LogP contribution in [0.15, 0.2) is 42.5 Å². The zero-order valence-corrected chi connectivity index (χ0v) is 24.3. The summed E-state index contributed by atoms with van der Waals surface area (Å²) in [6, 6.07) is 12.2. The van der Waals surface area contributed by atoms with Crippen molar-refractivity contribution in [2.75, 3.05) is 16.4 Å². The number of imidazole rings is 1. The van der Waals surface area contributed by atoms with Crippen LogP contribution in [0.25, 0.3) is 11.0 Å². The van der Waals surface area contributed by atoms with Crippen molar-refractivity contribution in [3.05, 3.63) is 48.0 Å². The number of fused-ring (bicyclic) bond motifs is 1. The Morgan fingerprint density at radius 1 is 0.889 bits per heavy atom. The third-order valence-electron chi connectivity index (χ3n) is 6.64. The van der Waals surface area contributed by atoms with Crippen molar-refractivity contribution >= 4 is 58.1 Å². The van der Waals surface area contributed by atoms with Crippen LogP contribution in [0.4, 0.5) is 30.5 Å². The fraction of sp³-hybridized carbons (Fsp3) is 0.379. The van der Waals surface area contributed by atoms with Crippen molar-refractivity contribution < 1.29 is 51.7 Å². The molecular weight excluding hydrogens is 603 g/mol. The number of carbonyl (C=O) groups is 5. The zero-order chi connectivity index (χ0) is 33.3. The third-order valence-corrected chi connectivity index (χ3v) is 6.64. The van der Waals surface area contributed by atoms with Crippen molar-refractivity contribution in [2.24, 2.45) is 0 Å². The first-order chi connectivity index (χ1) is 21.1. The quantitative estimate of drug-likeness (QED) is 0.223. The van der Waals surface area contributed by atoms with Gasteiger partial charge in [0, 0.05) is 25.2 Å². The number of nitrogens with zero attached hydrogens (tertiary/aromatic N) is 1. The molecule has 16 heteroatoms. The summed E-state index contributed by atoms with van der Waals surface area (Å²) in [5.74, 6) is -5.38. The predicted octanol–water partition coefficient (Wildman–Crippen LogP) is 4.27. The van der Waals surface area contributed by atoms with Gasteiger partial charge in [-0.15, -0.1) is 0 Å². The van der Waals surface area contributed by atoms with Gasteiger partial charge in [0.15, 0.2) is 5.95 Å². The minimum Gasteiger partial charge on any atom is -0.475 e. The maximum absolute atomic E-state index is 13.2. The molecule has 4 rings (SSSR count). The van der Waals surface area contributed by atoms with Crippen molar-refractivity contribution in [3.8, 4) is 0 Å². The maximum Gasteiger partial charge on any atom is 0.490 e. The molecule has 1 heterocycles. The first-order valence-corrected chi connectivity index (χ1v) is 13.8. The number of amides is 2. The summed E-state index contributed by atoms with van der Waals surface area (Å²) < 4.78 is 42.1. The number of aromatic nitrogens is 2. The number of halogens is 3. The second-order valence-electron chi connectivity index (χ2n) is 10.2. The van der Waals surface area contributed by atoms with E-state index >= 15 is 0 Å². The summed E-state index contributed by atoms with van der Waals surface area (Å²) in [6.07, 6.45) is -2.62. The van der Waals surface area contributed by atoms with Gasteiger partial charge in [0.25, 0.3) is 11.8 Å². The molecule has 242 valence electrons. The second-order valence-corrected chi connectivity index (χ2v) is 10.2. The summed E-state index contributed by atoms with van der Waals surface area (Å²) in [4.78, 5) is 65.9. The van der Waals surface area contributed by atoms with E-state index in [9.17, 15) is 32.3 Å². The molecule has 3 aromatic rings. The number of benzene rings is 2. The van der Waals surface area contributed by atoms with Crippen molar-refractivity contribution in [1.82, 2.24) is 9.97 Å². The lowest BCUT2D eigenvalue weighted by Crippen LogP contribution is -2.49. The first kappa shape index (κ1) is 34.3. The fourth-order valence-corrected chi connectivity index (χ4v) is 4.67. The minimum atomic E-state index is -5.08. The van der Waals surface area contributed by atoms with E-state index in [1.807, 2.05) is 12.1 Å². The van der Waals surface area contributed by atoms with Gasteiger partial charge in [0.2, 0.25) is 12.2 Å². The second kappa shape index (κ2) is 15.0. The summed E-state index contributed by atoms with van der Waals surface area (Å²) in [5, 5.41) is 12.4. The molecule has 0 spiro atoms. The summed E-state index contributed by atoms with van der Waals surface area (Å²) in [5.41, 5.74) is 8.80. The number of nitrogens with two attached hydrogens (primary N) is 1. The summed E-state index contributed by atoms with van der Waals surface area (Å²) in [6.45, 7) is 2.19. The molecule has 1 aliphatic carbocycles. The highest BCUT2D eigenvalue weighted by atomic mass is 19.4. The number of ether oxygens (including phenoxy) is 2. The van der Waals surface area contributed by atoms with Crippen LogP contribution in [-0.4, -0.2) is 63.2 Å². The molecule has 0 radical (unpaired) electrons. The molecule has 1 saturated carbocycles. The number of carboxylic acids is 1. The molecule has 0 aliphatic heterocycles. The monoisotopic (exact) mass is 635 g/mol. The molecule has 0 bridgehead atoms. The van der Waals surface area contributed by atoms with Crippen LogP contribution in [0.5, 0.6) is 0 Å². The van der Waals surface area contributed by atoms with Gasteiger partial charge in [-0.05, 0) is 54.7 Å². The van der Waals surface area contributed by atoms with Gasteiger partial charge in [-0.1, -0.05) is 31.4 Å². The van der Waals surface area contributed by atoms with Crippen LogP contribution in [-0.2, 0) is 33.4 Å². The molecule has 2 amide bonds. The molecule has 13 nitrogen and oxygen atoms in total. The Labute approximate surface area is 254 Å². The topological polar surface area (TPSA) is 203 Å². The van der Waals surface area contributed by atoms with E-state index in [0.29, 0.717) is 28.3 Å². The van der Waals surface area contributed by atoms with Crippen LogP contribution >= 0.6 is 0 Å². The Balaban J connectivity index is 0.000000707. The number of carboxylic acid groups (broad SMARTS) is 1. The Bertz CT molecular complexity index is 1530. The van der Waals surface area contributed by atoms with Gasteiger partial charge < -0.3 is 35.9 Å². The molecule has 1 aromatic heterocycles. The lowest BCUT2D eigenvalue weighted by molar-refractivity contribution is -0.192. The number of nitrogens with one attached hydrogen (secondary N) is 3. The Hall–Kier alpha value is -5.15. The van der Waals surface area contributed by atoms with Crippen LogP contribution in [0, 0.1) is 0 Å². The largest absolute Gasteiger partial charge is 0.490 e. The Kier molecular flexibility index (Phi) is 11.5. The lowest BCUT2D eigenvalue weighted by atomic mass is 9.84. The number of anilines is 3. The number of H-pyrrole nitrogens is 1. The van der Waals surface area contributed by atoms with Gasteiger partial charge in [0.05, 0.1) is 11.0 Å². The number of aromatic amines is 1. The van der Waals surface area contributed by atoms with E-state index in [0.717, 1.165) is 26.7 Å². The van der Waals surface area contributed by atoms with E-state index in [-0.39, 0.29) is 5.95 Å².